The van der Waals surface area contributed by atoms with E-state index in [1.165, 1.54) is 5.56 Å². The van der Waals surface area contributed by atoms with E-state index in [1.807, 2.05) is 11.0 Å². The van der Waals surface area contributed by atoms with Crippen LogP contribution in [0.5, 0.6) is 0 Å². The Labute approximate surface area is 170 Å². The van der Waals surface area contributed by atoms with Gasteiger partial charge in [0.15, 0.2) is 0 Å². The summed E-state index contributed by atoms with van der Waals surface area (Å²) < 4.78 is 1.14. The minimum absolute atomic E-state index is 0.0999. The molecule has 28 heavy (non-hydrogen) atoms. The Hall–Kier alpha value is -2.78. The number of carboxylic acids is 2. The molecule has 0 saturated carbocycles. The number of carboxylic acid groups (broad SMARTS) is 2. The van der Waals surface area contributed by atoms with Crippen LogP contribution in [-0.2, 0) is 16.1 Å². The number of hydrogen-bond donors (Lipinski definition) is 2. The molecule has 2 heterocycles. The third-order valence-electron chi connectivity index (χ3n) is 4.12. The van der Waals surface area contributed by atoms with E-state index in [0.29, 0.717) is 5.56 Å². The van der Waals surface area contributed by atoms with Crippen molar-refractivity contribution in [3.63, 3.8) is 0 Å². The zero-order chi connectivity index (χ0) is 20.5. The molecule has 3 rings (SSSR count). The van der Waals surface area contributed by atoms with Gasteiger partial charge >= 0.3 is 11.9 Å². The van der Waals surface area contributed by atoms with Crippen molar-refractivity contribution in [1.29, 1.82) is 0 Å². The normalized spacial score (nSPS) is 14.0. The van der Waals surface area contributed by atoms with Crippen LogP contribution in [0.4, 0.5) is 0 Å². The molecule has 0 radical (unpaired) electrons. The molecule has 0 spiro atoms. The molecule has 1 aliphatic rings. The summed E-state index contributed by atoms with van der Waals surface area (Å²) in [5.41, 5.74) is 2.01. The minimum Gasteiger partial charge on any atom is -0.473 e. The van der Waals surface area contributed by atoms with E-state index in [-0.39, 0.29) is 5.91 Å². The molecule has 8 nitrogen and oxygen atoms in total. The fraction of sp³-hybridized carbons (Fsp3) is 0.263. The first-order chi connectivity index (χ1) is 13.4. The van der Waals surface area contributed by atoms with E-state index >= 15 is 0 Å². The first kappa shape index (κ1) is 21.5. The second-order valence-electron chi connectivity index (χ2n) is 6.01. The van der Waals surface area contributed by atoms with E-state index in [1.54, 1.807) is 24.5 Å². The lowest BCUT2D eigenvalue weighted by molar-refractivity contribution is -0.159. The number of amides is 1. The third kappa shape index (κ3) is 6.43. The van der Waals surface area contributed by atoms with Gasteiger partial charge in [0.05, 0.1) is 0 Å². The molecule has 9 heteroatoms. The van der Waals surface area contributed by atoms with Gasteiger partial charge in [-0.2, -0.15) is 0 Å². The summed E-state index contributed by atoms with van der Waals surface area (Å²) in [6.07, 6.45) is 3.33. The molecule has 1 aromatic heterocycles. The van der Waals surface area contributed by atoms with E-state index < -0.39 is 11.9 Å². The van der Waals surface area contributed by atoms with Gasteiger partial charge in [0.2, 0.25) is 0 Å². The molecule has 0 atom stereocenters. The number of carbonyl (C=O) groups is 3. The van der Waals surface area contributed by atoms with Crippen LogP contribution in [0, 0.1) is 0 Å². The monoisotopic (exact) mass is 449 g/mol. The Morgan fingerprint density at radius 2 is 1.50 bits per heavy atom. The zero-order valence-corrected chi connectivity index (χ0v) is 16.6. The van der Waals surface area contributed by atoms with Crippen LogP contribution in [0.15, 0.2) is 53.3 Å². The topological polar surface area (TPSA) is 111 Å². The average molecular weight is 450 g/mol. The van der Waals surface area contributed by atoms with E-state index in [2.05, 4.69) is 44.0 Å². The first-order valence-corrected chi connectivity index (χ1v) is 9.29. The fourth-order valence-electron chi connectivity index (χ4n) is 2.65. The molecule has 1 saturated heterocycles. The van der Waals surface area contributed by atoms with Gasteiger partial charge in [0, 0.05) is 55.2 Å². The van der Waals surface area contributed by atoms with Crippen LogP contribution < -0.4 is 0 Å². The number of benzene rings is 1. The number of aromatic nitrogens is 1. The lowest BCUT2D eigenvalue weighted by Crippen LogP contribution is -2.48. The standard InChI is InChI=1S/C17H18BrN3O.C2H2O4/c18-16-4-2-1-3-15(16)13-20-9-11-21(12-10-20)17(22)14-5-7-19-8-6-14;3-1(4)2(5)6/h1-8H,9-13H2;(H,3,4)(H,5,6). The molecule has 1 fully saturated rings. The number of hydrogen-bond acceptors (Lipinski definition) is 5. The number of aliphatic carboxylic acids is 2. The summed E-state index contributed by atoms with van der Waals surface area (Å²) in [6.45, 7) is 4.26. The zero-order valence-electron chi connectivity index (χ0n) is 15.0. The van der Waals surface area contributed by atoms with Crippen molar-refractivity contribution in [3.8, 4) is 0 Å². The number of piperazine rings is 1. The fourth-order valence-corrected chi connectivity index (χ4v) is 3.06. The van der Waals surface area contributed by atoms with Crippen molar-refractivity contribution >= 4 is 33.8 Å². The molecule has 2 aromatic rings. The summed E-state index contributed by atoms with van der Waals surface area (Å²) in [5.74, 6) is -3.55. The van der Waals surface area contributed by atoms with Crippen molar-refractivity contribution in [1.82, 2.24) is 14.8 Å². The second-order valence-corrected chi connectivity index (χ2v) is 6.86. The van der Waals surface area contributed by atoms with Gasteiger partial charge in [0.1, 0.15) is 0 Å². The Bertz CT molecular complexity index is 811. The molecule has 1 amide bonds. The smallest absolute Gasteiger partial charge is 0.414 e. The molecule has 148 valence electrons. The van der Waals surface area contributed by atoms with Crippen LogP contribution in [0.1, 0.15) is 15.9 Å². The molecule has 1 aliphatic heterocycles. The molecule has 2 N–H and O–H groups in total. The molecule has 1 aromatic carbocycles. The van der Waals surface area contributed by atoms with Gasteiger partial charge in [0.25, 0.3) is 5.91 Å². The molecule has 0 aliphatic carbocycles. The summed E-state index contributed by atoms with van der Waals surface area (Å²) in [7, 11) is 0. The predicted molar refractivity (Wildman–Crippen MR) is 105 cm³/mol. The maximum Gasteiger partial charge on any atom is 0.414 e. The quantitative estimate of drug-likeness (QED) is 0.688. The van der Waals surface area contributed by atoms with Gasteiger partial charge in [-0.1, -0.05) is 34.1 Å². The van der Waals surface area contributed by atoms with Crippen LogP contribution in [0.3, 0.4) is 0 Å². The number of nitrogens with zero attached hydrogens (tertiary/aromatic N) is 3. The second kappa shape index (κ2) is 10.5. The van der Waals surface area contributed by atoms with E-state index in [9.17, 15) is 4.79 Å². The number of rotatable bonds is 3. The molecular formula is C19H20BrN3O5. The predicted octanol–water partition coefficient (Wildman–Crippen LogP) is 1.96. The largest absolute Gasteiger partial charge is 0.473 e. The Morgan fingerprint density at radius 1 is 0.929 bits per heavy atom. The number of carbonyl (C=O) groups excluding carboxylic acids is 1. The summed E-state index contributed by atoms with van der Waals surface area (Å²) >= 11 is 3.59. The van der Waals surface area contributed by atoms with Crippen molar-refractivity contribution in [2.45, 2.75) is 6.54 Å². The van der Waals surface area contributed by atoms with Crippen molar-refractivity contribution in [2.75, 3.05) is 26.2 Å². The summed E-state index contributed by atoms with van der Waals surface area (Å²) in [5, 5.41) is 14.8. The van der Waals surface area contributed by atoms with Gasteiger partial charge in [-0.15, -0.1) is 0 Å². The van der Waals surface area contributed by atoms with Crippen molar-refractivity contribution in [2.24, 2.45) is 0 Å². The highest BCUT2D eigenvalue weighted by Crippen LogP contribution is 2.19. The Morgan fingerprint density at radius 3 is 2.04 bits per heavy atom. The van der Waals surface area contributed by atoms with Gasteiger partial charge in [-0.25, -0.2) is 9.59 Å². The van der Waals surface area contributed by atoms with Crippen LogP contribution in [0.2, 0.25) is 0 Å². The molecule has 0 bridgehead atoms. The lowest BCUT2D eigenvalue weighted by Gasteiger charge is -2.35. The SMILES string of the molecule is O=C(O)C(=O)O.O=C(c1ccncc1)N1CCN(Cc2ccccc2Br)CC1. The third-order valence-corrected chi connectivity index (χ3v) is 4.90. The first-order valence-electron chi connectivity index (χ1n) is 8.49. The number of pyridine rings is 1. The van der Waals surface area contributed by atoms with Crippen LogP contribution >= 0.6 is 15.9 Å². The Balaban J connectivity index is 0.000000409. The van der Waals surface area contributed by atoms with Gasteiger partial charge < -0.3 is 15.1 Å². The highest BCUT2D eigenvalue weighted by molar-refractivity contribution is 9.10. The van der Waals surface area contributed by atoms with Crippen molar-refractivity contribution in [3.05, 3.63) is 64.4 Å². The maximum absolute atomic E-state index is 12.4. The van der Waals surface area contributed by atoms with E-state index in [0.717, 1.165) is 37.2 Å². The summed E-state index contributed by atoms with van der Waals surface area (Å²) in [4.78, 5) is 38.9. The van der Waals surface area contributed by atoms with Gasteiger partial charge in [-0.3, -0.25) is 14.7 Å². The van der Waals surface area contributed by atoms with Crippen molar-refractivity contribution < 1.29 is 24.6 Å². The van der Waals surface area contributed by atoms with Crippen LogP contribution in [-0.4, -0.2) is 69.0 Å². The maximum atomic E-state index is 12.4. The lowest BCUT2D eigenvalue weighted by atomic mass is 10.2. The number of halogens is 1. The minimum atomic E-state index is -1.82. The van der Waals surface area contributed by atoms with Gasteiger partial charge in [-0.05, 0) is 23.8 Å². The average Bonchev–Trinajstić information content (AvgIpc) is 2.71. The Kier molecular flexibility index (Phi) is 8.09. The molecule has 0 unspecified atom stereocenters. The highest BCUT2D eigenvalue weighted by atomic mass is 79.9. The van der Waals surface area contributed by atoms with Crippen LogP contribution in [0.25, 0.3) is 0 Å². The summed E-state index contributed by atoms with van der Waals surface area (Å²) in [6, 6.07) is 11.8. The molecular weight excluding hydrogens is 430 g/mol. The highest BCUT2D eigenvalue weighted by Gasteiger charge is 2.22. The van der Waals surface area contributed by atoms with E-state index in [4.69, 9.17) is 19.8 Å².